The van der Waals surface area contributed by atoms with Gasteiger partial charge in [0.15, 0.2) is 9.84 Å². The van der Waals surface area contributed by atoms with E-state index in [0.717, 1.165) is 51.4 Å². The summed E-state index contributed by atoms with van der Waals surface area (Å²) < 4.78 is 25.8. The maximum atomic E-state index is 14.6. The van der Waals surface area contributed by atoms with Gasteiger partial charge >= 0.3 is 6.03 Å². The summed E-state index contributed by atoms with van der Waals surface area (Å²) in [5.74, 6) is -2.72. The van der Waals surface area contributed by atoms with Gasteiger partial charge in [0.2, 0.25) is 17.6 Å². The first-order valence-corrected chi connectivity index (χ1v) is 20.4. The van der Waals surface area contributed by atoms with Gasteiger partial charge in [-0.3, -0.25) is 19.2 Å². The Labute approximate surface area is 299 Å². The highest BCUT2D eigenvalue weighted by Crippen LogP contribution is 2.65. The lowest BCUT2D eigenvalue weighted by Gasteiger charge is -2.41. The molecular weight excluding hydrogens is 659 g/mol. The molecular formula is C37H61N5O7S. The monoisotopic (exact) mass is 719 g/mol. The van der Waals surface area contributed by atoms with Gasteiger partial charge in [0, 0.05) is 13.1 Å². The fourth-order valence-electron chi connectivity index (χ4n) is 8.60. The van der Waals surface area contributed by atoms with Gasteiger partial charge in [-0.15, -0.1) is 6.58 Å². The number of Topliss-reactive ketones (excluding diaryl/α,β-unsaturated/α-hetero) is 1. The van der Waals surface area contributed by atoms with E-state index < -0.39 is 61.9 Å². The lowest BCUT2D eigenvalue weighted by atomic mass is 9.82. The Kier molecular flexibility index (Phi) is 12.5. The van der Waals surface area contributed by atoms with Crippen molar-refractivity contribution in [1.82, 2.24) is 26.2 Å². The van der Waals surface area contributed by atoms with Crippen LogP contribution in [0.15, 0.2) is 12.7 Å². The molecule has 50 heavy (non-hydrogen) atoms. The van der Waals surface area contributed by atoms with E-state index in [1.165, 1.54) is 6.08 Å². The number of sulfone groups is 1. The number of hydrogen-bond acceptors (Lipinski definition) is 7. The van der Waals surface area contributed by atoms with Crippen molar-refractivity contribution in [3.8, 4) is 0 Å². The van der Waals surface area contributed by atoms with Crippen LogP contribution in [0.4, 0.5) is 4.79 Å². The predicted molar refractivity (Wildman–Crippen MR) is 193 cm³/mol. The molecule has 4 N–H and O–H groups in total. The number of rotatable bonds is 14. The maximum absolute atomic E-state index is 14.6. The summed E-state index contributed by atoms with van der Waals surface area (Å²) in [5, 5.41) is 11.4. The fraction of sp³-hybridized carbons (Fsp3) is 0.811. The van der Waals surface area contributed by atoms with Gasteiger partial charge in [-0.2, -0.15) is 0 Å². The predicted octanol–water partition coefficient (Wildman–Crippen LogP) is 3.79. The van der Waals surface area contributed by atoms with E-state index in [0.29, 0.717) is 25.8 Å². The summed E-state index contributed by atoms with van der Waals surface area (Å²) in [6.07, 6.45) is 10.3. The van der Waals surface area contributed by atoms with Crippen LogP contribution < -0.4 is 21.3 Å². The third-order valence-electron chi connectivity index (χ3n) is 11.9. The second kappa shape index (κ2) is 15.7. The molecule has 1 saturated heterocycles. The van der Waals surface area contributed by atoms with Crippen LogP contribution in [0.5, 0.6) is 0 Å². The first-order chi connectivity index (χ1) is 23.4. The number of nitrogens with one attached hydrogen (secondary N) is 4. The lowest BCUT2D eigenvalue weighted by molar-refractivity contribution is -0.144. The molecule has 3 aliphatic carbocycles. The minimum Gasteiger partial charge on any atom is -0.346 e. The number of fused-ring (bicyclic) bond motifs is 1. The summed E-state index contributed by atoms with van der Waals surface area (Å²) in [7, 11) is -3.56. The minimum absolute atomic E-state index is 0.0763. The molecule has 0 aromatic rings. The number of urea groups is 1. The SMILES string of the molecule is C=CCNC(=O)C(=O)C(CCC)NC(=O)[C@@H]1[C@@H]2C(CN1C(=O)[C@@H](NC(=O)NC1(CS(=O)(=O)C(C)(C)C)CCCCC1)C1CCCCC1)C2(C)C. The highest BCUT2D eigenvalue weighted by Gasteiger charge is 2.69. The van der Waals surface area contributed by atoms with Gasteiger partial charge < -0.3 is 26.2 Å². The second-order valence-electron chi connectivity index (χ2n) is 16.8. The number of likely N-dealkylation sites (tertiary alicyclic amines) is 1. The largest absolute Gasteiger partial charge is 0.346 e. The van der Waals surface area contributed by atoms with Crippen LogP contribution in [-0.2, 0) is 29.0 Å². The molecule has 0 radical (unpaired) electrons. The molecule has 5 atom stereocenters. The average Bonchev–Trinajstić information content (AvgIpc) is 3.36. The van der Waals surface area contributed by atoms with Crippen LogP contribution in [-0.4, -0.2) is 90.1 Å². The number of nitrogens with zero attached hydrogens (tertiary/aromatic N) is 1. The van der Waals surface area contributed by atoms with E-state index in [-0.39, 0.29) is 47.8 Å². The van der Waals surface area contributed by atoms with Gasteiger partial charge in [-0.1, -0.05) is 71.8 Å². The van der Waals surface area contributed by atoms with E-state index >= 15 is 0 Å². The molecule has 1 heterocycles. The average molecular weight is 720 g/mol. The van der Waals surface area contributed by atoms with Gasteiger partial charge in [0.1, 0.15) is 12.1 Å². The number of piperidine rings is 1. The zero-order valence-electron chi connectivity index (χ0n) is 31.1. The molecule has 0 spiro atoms. The number of ketones is 1. The third-order valence-corrected chi connectivity index (χ3v) is 14.7. The summed E-state index contributed by atoms with van der Waals surface area (Å²) in [6.45, 7) is 15.0. The topological polar surface area (TPSA) is 171 Å². The number of carbonyl (C=O) groups excluding carboxylic acids is 5. The molecule has 13 heteroatoms. The van der Waals surface area contributed by atoms with E-state index in [1.54, 1.807) is 25.7 Å². The number of amides is 5. The standard InChI is InChI=1S/C37H61N5O7S/c1-8-16-26(30(43)32(45)38-21-9-2)39-31(44)29-27-25(36(27,6)7)22-42(29)33(46)28(24-17-12-10-13-18-24)40-34(47)41-37(19-14-11-15-20-37)23-50(48,49)35(3,4)5/h9,24-29H,2,8,10-23H2,1,3-7H3,(H,38,45)(H,39,44)(H2,40,41,47)/t25?,26?,27-,28-,29-/m0/s1. The summed E-state index contributed by atoms with van der Waals surface area (Å²) >= 11 is 0. The quantitative estimate of drug-likeness (QED) is 0.156. The molecule has 0 aromatic heterocycles. The molecule has 4 aliphatic rings. The molecule has 2 unspecified atom stereocenters. The van der Waals surface area contributed by atoms with Crippen molar-refractivity contribution in [3.63, 3.8) is 0 Å². The Bertz CT molecular complexity index is 1410. The Morgan fingerprint density at radius 3 is 2.16 bits per heavy atom. The molecule has 1 aliphatic heterocycles. The van der Waals surface area contributed by atoms with Crippen LogP contribution >= 0.6 is 0 Å². The molecule has 4 rings (SSSR count). The summed E-state index contributed by atoms with van der Waals surface area (Å²) in [5.41, 5.74) is -1.13. The molecule has 3 saturated carbocycles. The zero-order chi connectivity index (χ0) is 37.1. The summed E-state index contributed by atoms with van der Waals surface area (Å²) in [6, 6.07) is -3.36. The van der Waals surface area contributed by atoms with E-state index in [4.69, 9.17) is 0 Å². The Morgan fingerprint density at radius 2 is 1.58 bits per heavy atom. The third kappa shape index (κ3) is 8.73. The van der Waals surface area contributed by atoms with Crippen LogP contribution in [0.25, 0.3) is 0 Å². The molecule has 12 nitrogen and oxygen atoms in total. The highest BCUT2D eigenvalue weighted by molar-refractivity contribution is 7.92. The molecule has 5 amide bonds. The lowest BCUT2D eigenvalue weighted by Crippen LogP contribution is -2.63. The smallest absolute Gasteiger partial charge is 0.315 e. The number of carbonyl (C=O) groups is 5. The Hall–Kier alpha value is -2.96. The minimum atomic E-state index is -3.56. The van der Waals surface area contributed by atoms with Crippen molar-refractivity contribution in [2.45, 2.75) is 147 Å². The van der Waals surface area contributed by atoms with Gasteiger partial charge in [0.05, 0.1) is 22.1 Å². The van der Waals surface area contributed by atoms with E-state index in [1.807, 2.05) is 6.92 Å². The highest BCUT2D eigenvalue weighted by atomic mass is 32.2. The first kappa shape index (κ1) is 39.8. The van der Waals surface area contributed by atoms with Crippen LogP contribution in [0.2, 0.25) is 0 Å². The van der Waals surface area contributed by atoms with Crippen molar-refractivity contribution >= 4 is 39.4 Å². The molecule has 0 aromatic carbocycles. The zero-order valence-corrected chi connectivity index (χ0v) is 31.9. The van der Waals surface area contributed by atoms with Crippen LogP contribution in [0.3, 0.4) is 0 Å². The van der Waals surface area contributed by atoms with E-state index in [2.05, 4.69) is 41.7 Å². The van der Waals surface area contributed by atoms with Crippen molar-refractivity contribution in [2.75, 3.05) is 18.8 Å². The number of hydrogen-bond donors (Lipinski definition) is 4. The van der Waals surface area contributed by atoms with Gasteiger partial charge in [-0.05, 0) is 76.0 Å². The first-order valence-electron chi connectivity index (χ1n) is 18.7. The molecule has 0 bridgehead atoms. The Balaban J connectivity index is 1.58. The van der Waals surface area contributed by atoms with E-state index in [9.17, 15) is 32.4 Å². The van der Waals surface area contributed by atoms with Crippen molar-refractivity contribution in [3.05, 3.63) is 12.7 Å². The normalized spacial score (nSPS) is 25.7. The summed E-state index contributed by atoms with van der Waals surface area (Å²) in [4.78, 5) is 69.8. The van der Waals surface area contributed by atoms with Crippen LogP contribution in [0.1, 0.15) is 119 Å². The fourth-order valence-corrected chi connectivity index (χ4v) is 10.1. The van der Waals surface area contributed by atoms with Crippen molar-refractivity contribution in [2.24, 2.45) is 23.2 Å². The van der Waals surface area contributed by atoms with Crippen molar-refractivity contribution < 1.29 is 32.4 Å². The van der Waals surface area contributed by atoms with Crippen LogP contribution in [0, 0.1) is 23.2 Å². The van der Waals surface area contributed by atoms with Gasteiger partial charge in [-0.25, -0.2) is 13.2 Å². The molecule has 4 fully saturated rings. The molecule has 282 valence electrons. The Morgan fingerprint density at radius 1 is 0.960 bits per heavy atom. The van der Waals surface area contributed by atoms with Crippen molar-refractivity contribution in [1.29, 1.82) is 0 Å². The second-order valence-corrected chi connectivity index (χ2v) is 19.5. The van der Waals surface area contributed by atoms with Gasteiger partial charge in [0.25, 0.3) is 5.91 Å². The maximum Gasteiger partial charge on any atom is 0.315 e.